The Kier molecular flexibility index (Phi) is 14.2. The Balaban J connectivity index is 0.00000484. The molecule has 6 heteroatoms. The fourth-order valence-electron chi connectivity index (χ4n) is 2.87. The van der Waals surface area contributed by atoms with Crippen LogP contribution in [-0.4, -0.2) is 74.7 Å². The van der Waals surface area contributed by atoms with E-state index in [1.165, 1.54) is 58.4 Å². The monoisotopic (exact) mass is 439 g/mol. The molecular formula is C17H38IN5. The van der Waals surface area contributed by atoms with Crippen LogP contribution in [-0.2, 0) is 0 Å². The summed E-state index contributed by atoms with van der Waals surface area (Å²) in [7, 11) is 1.85. The van der Waals surface area contributed by atoms with Crippen LogP contribution in [0.3, 0.4) is 0 Å². The SMILES string of the molecule is CCCCCCNC(=NC)NCC(C)N1CCN(CC)CC1.I. The summed E-state index contributed by atoms with van der Waals surface area (Å²) in [6, 6.07) is 0.553. The Morgan fingerprint density at radius 3 is 2.30 bits per heavy atom. The van der Waals surface area contributed by atoms with E-state index in [1.54, 1.807) is 0 Å². The van der Waals surface area contributed by atoms with Gasteiger partial charge in [0.05, 0.1) is 0 Å². The molecule has 1 heterocycles. The largest absolute Gasteiger partial charge is 0.356 e. The van der Waals surface area contributed by atoms with Crippen molar-refractivity contribution in [2.75, 3.05) is 52.9 Å². The van der Waals surface area contributed by atoms with Crippen molar-refractivity contribution in [1.82, 2.24) is 20.4 Å². The molecule has 23 heavy (non-hydrogen) atoms. The van der Waals surface area contributed by atoms with Crippen molar-refractivity contribution < 1.29 is 0 Å². The fraction of sp³-hybridized carbons (Fsp3) is 0.941. The van der Waals surface area contributed by atoms with Gasteiger partial charge in [-0.25, -0.2) is 0 Å². The molecule has 1 atom stereocenters. The molecule has 2 N–H and O–H groups in total. The molecule has 5 nitrogen and oxygen atoms in total. The van der Waals surface area contributed by atoms with Gasteiger partial charge in [-0.1, -0.05) is 33.1 Å². The Bertz CT molecular complexity index is 303. The first-order valence-electron chi connectivity index (χ1n) is 9.12. The molecule has 0 aromatic carbocycles. The van der Waals surface area contributed by atoms with Crippen LogP contribution in [0, 0.1) is 0 Å². The van der Waals surface area contributed by atoms with Crippen molar-refractivity contribution in [3.63, 3.8) is 0 Å². The summed E-state index contributed by atoms with van der Waals surface area (Å²) in [6.45, 7) is 14.7. The Labute approximate surface area is 160 Å². The summed E-state index contributed by atoms with van der Waals surface area (Å²) in [5, 5.41) is 6.88. The minimum absolute atomic E-state index is 0. The Hall–Kier alpha value is -0.0800. The summed E-state index contributed by atoms with van der Waals surface area (Å²) in [6.07, 6.45) is 5.14. The van der Waals surface area contributed by atoms with Gasteiger partial charge in [0.25, 0.3) is 0 Å². The van der Waals surface area contributed by atoms with Crippen LogP contribution >= 0.6 is 24.0 Å². The summed E-state index contributed by atoms with van der Waals surface area (Å²) in [5.41, 5.74) is 0. The molecule has 1 fully saturated rings. The molecule has 138 valence electrons. The van der Waals surface area contributed by atoms with Crippen LogP contribution in [0.5, 0.6) is 0 Å². The number of piperazine rings is 1. The molecule has 1 rings (SSSR count). The van der Waals surface area contributed by atoms with Gasteiger partial charge in [0.2, 0.25) is 0 Å². The molecule has 0 spiro atoms. The van der Waals surface area contributed by atoms with E-state index in [1.807, 2.05) is 7.05 Å². The number of hydrogen-bond acceptors (Lipinski definition) is 3. The van der Waals surface area contributed by atoms with Crippen LogP contribution in [0.2, 0.25) is 0 Å². The van der Waals surface area contributed by atoms with Crippen molar-refractivity contribution in [2.45, 2.75) is 52.5 Å². The topological polar surface area (TPSA) is 42.9 Å². The maximum atomic E-state index is 4.32. The molecular weight excluding hydrogens is 401 g/mol. The van der Waals surface area contributed by atoms with Gasteiger partial charge in [0, 0.05) is 52.4 Å². The van der Waals surface area contributed by atoms with Gasteiger partial charge in [0.1, 0.15) is 0 Å². The van der Waals surface area contributed by atoms with Gasteiger partial charge in [-0.2, -0.15) is 0 Å². The number of guanidine groups is 1. The number of nitrogens with one attached hydrogen (secondary N) is 2. The third-order valence-electron chi connectivity index (χ3n) is 4.59. The van der Waals surface area contributed by atoms with Crippen molar-refractivity contribution in [3.8, 4) is 0 Å². The summed E-state index contributed by atoms with van der Waals surface area (Å²) < 4.78 is 0. The quantitative estimate of drug-likeness (QED) is 0.251. The van der Waals surface area contributed by atoms with Crippen LogP contribution in [0.25, 0.3) is 0 Å². The van der Waals surface area contributed by atoms with Crippen molar-refractivity contribution in [3.05, 3.63) is 0 Å². The molecule has 0 radical (unpaired) electrons. The van der Waals surface area contributed by atoms with E-state index >= 15 is 0 Å². The molecule has 1 saturated heterocycles. The van der Waals surface area contributed by atoms with Gasteiger partial charge in [-0.05, 0) is 19.9 Å². The van der Waals surface area contributed by atoms with Crippen molar-refractivity contribution >= 4 is 29.9 Å². The number of halogens is 1. The highest BCUT2D eigenvalue weighted by molar-refractivity contribution is 14.0. The minimum Gasteiger partial charge on any atom is -0.356 e. The highest BCUT2D eigenvalue weighted by atomic mass is 127. The first kappa shape index (κ1) is 22.9. The molecule has 0 aromatic heterocycles. The molecule has 0 aromatic rings. The smallest absolute Gasteiger partial charge is 0.191 e. The van der Waals surface area contributed by atoms with E-state index in [4.69, 9.17) is 0 Å². The molecule has 1 aliphatic rings. The van der Waals surface area contributed by atoms with Crippen LogP contribution in [0.15, 0.2) is 4.99 Å². The first-order chi connectivity index (χ1) is 10.7. The molecule has 0 aliphatic carbocycles. The third kappa shape index (κ3) is 9.72. The Morgan fingerprint density at radius 2 is 1.74 bits per heavy atom. The highest BCUT2D eigenvalue weighted by Gasteiger charge is 2.20. The van der Waals surface area contributed by atoms with Crippen molar-refractivity contribution in [2.24, 2.45) is 4.99 Å². The highest BCUT2D eigenvalue weighted by Crippen LogP contribution is 2.05. The molecule has 1 aliphatic heterocycles. The second-order valence-corrected chi connectivity index (χ2v) is 6.26. The van der Waals surface area contributed by atoms with E-state index in [2.05, 4.69) is 46.2 Å². The second-order valence-electron chi connectivity index (χ2n) is 6.26. The van der Waals surface area contributed by atoms with E-state index in [9.17, 15) is 0 Å². The van der Waals surface area contributed by atoms with Gasteiger partial charge >= 0.3 is 0 Å². The predicted octanol–water partition coefficient (Wildman–Crippen LogP) is 2.38. The number of nitrogens with zero attached hydrogens (tertiary/aromatic N) is 3. The van der Waals surface area contributed by atoms with Gasteiger partial charge < -0.3 is 15.5 Å². The average Bonchev–Trinajstić information content (AvgIpc) is 2.57. The minimum atomic E-state index is 0. The van der Waals surface area contributed by atoms with E-state index in [-0.39, 0.29) is 24.0 Å². The van der Waals surface area contributed by atoms with Gasteiger partial charge in [-0.3, -0.25) is 9.89 Å². The maximum Gasteiger partial charge on any atom is 0.191 e. The first-order valence-corrected chi connectivity index (χ1v) is 9.12. The normalized spacial score (nSPS) is 18.3. The number of aliphatic imine (C=N–C) groups is 1. The van der Waals surface area contributed by atoms with Gasteiger partial charge in [-0.15, -0.1) is 24.0 Å². The van der Waals surface area contributed by atoms with E-state index < -0.39 is 0 Å². The number of rotatable bonds is 9. The lowest BCUT2D eigenvalue weighted by atomic mass is 10.2. The van der Waals surface area contributed by atoms with Crippen LogP contribution in [0.1, 0.15) is 46.5 Å². The lowest BCUT2D eigenvalue weighted by Gasteiger charge is -2.37. The van der Waals surface area contributed by atoms with E-state index in [0.29, 0.717) is 6.04 Å². The zero-order chi connectivity index (χ0) is 16.2. The van der Waals surface area contributed by atoms with E-state index in [0.717, 1.165) is 19.0 Å². The second kappa shape index (κ2) is 14.3. The van der Waals surface area contributed by atoms with Gasteiger partial charge in [0.15, 0.2) is 5.96 Å². The zero-order valence-corrected chi connectivity index (χ0v) is 17.9. The van der Waals surface area contributed by atoms with Crippen LogP contribution < -0.4 is 10.6 Å². The summed E-state index contributed by atoms with van der Waals surface area (Å²) in [5.74, 6) is 0.940. The average molecular weight is 439 g/mol. The number of hydrogen-bond donors (Lipinski definition) is 2. The number of unbranched alkanes of at least 4 members (excludes halogenated alkanes) is 3. The molecule has 0 amide bonds. The summed E-state index contributed by atoms with van der Waals surface area (Å²) in [4.78, 5) is 9.41. The fourth-order valence-corrected chi connectivity index (χ4v) is 2.87. The Morgan fingerprint density at radius 1 is 1.04 bits per heavy atom. The molecule has 1 unspecified atom stereocenters. The lowest BCUT2D eigenvalue weighted by molar-refractivity contribution is 0.107. The lowest BCUT2D eigenvalue weighted by Crippen LogP contribution is -2.53. The number of likely N-dealkylation sites (N-methyl/N-ethyl adjacent to an activating group) is 1. The van der Waals surface area contributed by atoms with Crippen LogP contribution in [0.4, 0.5) is 0 Å². The summed E-state index contributed by atoms with van der Waals surface area (Å²) >= 11 is 0. The zero-order valence-electron chi connectivity index (χ0n) is 15.6. The predicted molar refractivity (Wildman–Crippen MR) is 112 cm³/mol. The third-order valence-corrected chi connectivity index (χ3v) is 4.59. The molecule has 0 bridgehead atoms. The standard InChI is InChI=1S/C17H37N5.HI/c1-5-7-8-9-10-19-17(18-4)20-15-16(3)22-13-11-21(6-2)12-14-22;/h16H,5-15H2,1-4H3,(H2,18,19,20);1H. The molecule has 0 saturated carbocycles. The maximum absolute atomic E-state index is 4.32. The van der Waals surface area contributed by atoms with Crippen molar-refractivity contribution in [1.29, 1.82) is 0 Å².